The Kier molecular flexibility index (Phi) is 6.56. The maximum Gasteiger partial charge on any atom is 0.230 e. The molecule has 0 saturated heterocycles. The fraction of sp³-hybridized carbons (Fsp3) is 0.562. The average Bonchev–Trinajstić information content (AvgIpc) is 2.46. The van der Waals surface area contributed by atoms with Crippen LogP contribution in [0.4, 0.5) is 0 Å². The van der Waals surface area contributed by atoms with Crippen molar-refractivity contribution in [3.8, 4) is 0 Å². The third kappa shape index (κ3) is 4.07. The molecule has 1 aromatic carbocycles. The summed E-state index contributed by atoms with van der Waals surface area (Å²) in [7, 11) is 1.90. The zero-order valence-corrected chi connectivity index (χ0v) is 13.9. The Hall–Kier alpha value is -0.830. The highest BCUT2D eigenvalue weighted by molar-refractivity contribution is 9.09. The Morgan fingerprint density at radius 2 is 1.84 bits per heavy atom. The molecule has 1 amide bonds. The molecule has 0 saturated carbocycles. The molecule has 3 atom stereocenters. The van der Waals surface area contributed by atoms with E-state index in [-0.39, 0.29) is 17.9 Å². The van der Waals surface area contributed by atoms with Crippen LogP contribution in [-0.4, -0.2) is 29.2 Å². The molecule has 1 rings (SSSR count). The van der Waals surface area contributed by atoms with E-state index in [1.165, 1.54) is 0 Å². The van der Waals surface area contributed by atoms with Crippen LogP contribution in [0.5, 0.6) is 0 Å². The number of hydrogen-bond donors (Lipinski definition) is 0. The van der Waals surface area contributed by atoms with Crippen LogP contribution in [0.1, 0.15) is 38.7 Å². The van der Waals surface area contributed by atoms with Gasteiger partial charge in [-0.05, 0) is 18.4 Å². The van der Waals surface area contributed by atoms with Crippen molar-refractivity contribution in [3.05, 3.63) is 35.9 Å². The molecule has 1 aromatic rings. The van der Waals surface area contributed by atoms with Crippen molar-refractivity contribution in [1.82, 2.24) is 4.90 Å². The maximum absolute atomic E-state index is 12.7. The molecule has 3 heteroatoms. The fourth-order valence-electron chi connectivity index (χ4n) is 2.15. The molecule has 106 valence electrons. The van der Waals surface area contributed by atoms with Gasteiger partial charge in [0.2, 0.25) is 5.91 Å². The Labute approximate surface area is 125 Å². The lowest BCUT2D eigenvalue weighted by Crippen LogP contribution is -2.40. The van der Waals surface area contributed by atoms with Crippen LogP contribution in [0.15, 0.2) is 30.3 Å². The van der Waals surface area contributed by atoms with Gasteiger partial charge >= 0.3 is 0 Å². The molecule has 0 aliphatic carbocycles. The average molecular weight is 326 g/mol. The van der Waals surface area contributed by atoms with E-state index in [4.69, 9.17) is 0 Å². The Morgan fingerprint density at radius 1 is 1.26 bits per heavy atom. The minimum Gasteiger partial charge on any atom is -0.342 e. The van der Waals surface area contributed by atoms with Crippen LogP contribution >= 0.6 is 15.9 Å². The third-order valence-electron chi connectivity index (χ3n) is 3.87. The molecule has 0 bridgehead atoms. The van der Waals surface area contributed by atoms with Crippen LogP contribution in [0.3, 0.4) is 0 Å². The second kappa shape index (κ2) is 7.68. The van der Waals surface area contributed by atoms with Gasteiger partial charge in [-0.25, -0.2) is 0 Å². The molecular formula is C16H24BrNO. The van der Waals surface area contributed by atoms with E-state index in [1.54, 1.807) is 0 Å². The van der Waals surface area contributed by atoms with Crippen molar-refractivity contribution in [3.63, 3.8) is 0 Å². The quantitative estimate of drug-likeness (QED) is 0.722. The van der Waals surface area contributed by atoms with E-state index >= 15 is 0 Å². The molecule has 3 unspecified atom stereocenters. The Morgan fingerprint density at radius 3 is 2.32 bits per heavy atom. The standard InChI is InChI=1S/C16H24BrNO/c1-5-12(2)15(14-9-7-6-8-10-14)16(19)18(4)13(3)11-17/h6-10,12-13,15H,5,11H2,1-4H3. The number of carbonyl (C=O) groups excluding carboxylic acids is 1. The molecule has 0 aromatic heterocycles. The number of nitrogens with zero attached hydrogens (tertiary/aromatic N) is 1. The van der Waals surface area contributed by atoms with E-state index in [9.17, 15) is 4.79 Å². The largest absolute Gasteiger partial charge is 0.342 e. The summed E-state index contributed by atoms with van der Waals surface area (Å²) in [4.78, 5) is 14.6. The minimum absolute atomic E-state index is 0.0438. The number of alkyl halides is 1. The number of halogens is 1. The van der Waals surface area contributed by atoms with Crippen LogP contribution in [0.2, 0.25) is 0 Å². The van der Waals surface area contributed by atoms with Crippen LogP contribution < -0.4 is 0 Å². The third-order valence-corrected chi connectivity index (χ3v) is 4.81. The Bertz CT molecular complexity index is 393. The van der Waals surface area contributed by atoms with Gasteiger partial charge in [0.05, 0.1) is 5.92 Å². The number of rotatable bonds is 6. The van der Waals surface area contributed by atoms with Gasteiger partial charge in [-0.15, -0.1) is 0 Å². The molecule has 0 heterocycles. The first-order valence-corrected chi connectivity index (χ1v) is 8.02. The summed E-state index contributed by atoms with van der Waals surface area (Å²) in [5.74, 6) is 0.519. The maximum atomic E-state index is 12.7. The van der Waals surface area contributed by atoms with Gasteiger partial charge < -0.3 is 4.90 Å². The number of benzene rings is 1. The predicted octanol–water partition coefficient (Wildman–Crippen LogP) is 4.06. The van der Waals surface area contributed by atoms with Gasteiger partial charge in [0.15, 0.2) is 0 Å². The van der Waals surface area contributed by atoms with E-state index in [2.05, 4.69) is 48.8 Å². The highest BCUT2D eigenvalue weighted by Gasteiger charge is 2.29. The zero-order valence-electron chi connectivity index (χ0n) is 12.3. The Balaban J connectivity index is 3.02. The molecule has 0 aliphatic heterocycles. The van der Waals surface area contributed by atoms with Crippen molar-refractivity contribution < 1.29 is 4.79 Å². The van der Waals surface area contributed by atoms with Crippen LogP contribution in [0.25, 0.3) is 0 Å². The van der Waals surface area contributed by atoms with Gasteiger partial charge in [-0.2, -0.15) is 0 Å². The highest BCUT2D eigenvalue weighted by atomic mass is 79.9. The molecule has 0 spiro atoms. The first-order chi connectivity index (χ1) is 9.02. The van der Waals surface area contributed by atoms with Crippen molar-refractivity contribution >= 4 is 21.8 Å². The van der Waals surface area contributed by atoms with Gasteiger partial charge in [-0.1, -0.05) is 66.5 Å². The normalized spacial score (nSPS) is 15.6. The molecular weight excluding hydrogens is 302 g/mol. The summed E-state index contributed by atoms with van der Waals surface area (Å²) in [6, 6.07) is 10.3. The summed E-state index contributed by atoms with van der Waals surface area (Å²) < 4.78 is 0. The predicted molar refractivity (Wildman–Crippen MR) is 84.7 cm³/mol. The second-order valence-corrected chi connectivity index (χ2v) is 5.87. The molecule has 19 heavy (non-hydrogen) atoms. The summed E-state index contributed by atoms with van der Waals surface area (Å²) in [5.41, 5.74) is 1.12. The highest BCUT2D eigenvalue weighted by Crippen LogP contribution is 2.29. The lowest BCUT2D eigenvalue weighted by atomic mass is 9.84. The lowest BCUT2D eigenvalue weighted by Gasteiger charge is -2.31. The topological polar surface area (TPSA) is 20.3 Å². The molecule has 0 fully saturated rings. The van der Waals surface area contributed by atoms with Crippen molar-refractivity contribution in [2.24, 2.45) is 5.92 Å². The summed E-state index contributed by atoms with van der Waals surface area (Å²) >= 11 is 3.45. The summed E-state index contributed by atoms with van der Waals surface area (Å²) in [6.45, 7) is 6.36. The smallest absolute Gasteiger partial charge is 0.230 e. The van der Waals surface area contributed by atoms with E-state index in [0.717, 1.165) is 17.3 Å². The molecule has 0 radical (unpaired) electrons. The zero-order chi connectivity index (χ0) is 14.4. The number of carbonyl (C=O) groups is 1. The van der Waals surface area contributed by atoms with Crippen LogP contribution in [-0.2, 0) is 4.79 Å². The van der Waals surface area contributed by atoms with Crippen molar-refractivity contribution in [1.29, 1.82) is 0 Å². The first kappa shape index (κ1) is 16.2. The molecule has 2 nitrogen and oxygen atoms in total. The monoisotopic (exact) mass is 325 g/mol. The molecule has 0 N–H and O–H groups in total. The van der Waals surface area contributed by atoms with Crippen molar-refractivity contribution in [2.75, 3.05) is 12.4 Å². The SMILES string of the molecule is CCC(C)C(C(=O)N(C)C(C)CBr)c1ccccc1. The van der Waals surface area contributed by atoms with E-state index < -0.39 is 0 Å². The van der Waals surface area contributed by atoms with Gasteiger partial charge in [-0.3, -0.25) is 4.79 Å². The number of hydrogen-bond acceptors (Lipinski definition) is 1. The van der Waals surface area contributed by atoms with Gasteiger partial charge in [0.25, 0.3) is 0 Å². The van der Waals surface area contributed by atoms with Gasteiger partial charge in [0, 0.05) is 18.4 Å². The second-order valence-electron chi connectivity index (χ2n) is 5.23. The first-order valence-electron chi connectivity index (χ1n) is 6.90. The van der Waals surface area contributed by atoms with E-state index in [1.807, 2.05) is 30.1 Å². The molecule has 0 aliphatic rings. The lowest BCUT2D eigenvalue weighted by molar-refractivity contribution is -0.134. The van der Waals surface area contributed by atoms with Crippen molar-refractivity contribution in [2.45, 2.75) is 39.2 Å². The van der Waals surface area contributed by atoms with Crippen LogP contribution in [0, 0.1) is 5.92 Å². The van der Waals surface area contributed by atoms with E-state index in [0.29, 0.717) is 5.92 Å². The number of amides is 1. The minimum atomic E-state index is -0.0438. The summed E-state index contributed by atoms with van der Waals surface area (Å²) in [5, 5.41) is 0.803. The summed E-state index contributed by atoms with van der Waals surface area (Å²) in [6.07, 6.45) is 1.00. The fourth-order valence-corrected chi connectivity index (χ4v) is 2.59. The number of likely N-dealkylation sites (N-methyl/N-ethyl adjacent to an activating group) is 1. The van der Waals surface area contributed by atoms with Gasteiger partial charge in [0.1, 0.15) is 0 Å².